The minimum Gasteiger partial charge on any atom is -0.361 e. The fourth-order valence-corrected chi connectivity index (χ4v) is 3.34. The molecule has 0 bridgehead atoms. The van der Waals surface area contributed by atoms with Crippen molar-refractivity contribution < 1.29 is 4.79 Å². The molecule has 0 unspecified atom stereocenters. The zero-order chi connectivity index (χ0) is 19.3. The Morgan fingerprint density at radius 3 is 2.71 bits per heavy atom. The first-order valence-corrected chi connectivity index (χ1v) is 9.04. The Morgan fingerprint density at radius 1 is 1.11 bits per heavy atom. The van der Waals surface area contributed by atoms with E-state index in [1.165, 1.54) is 11.3 Å². The van der Waals surface area contributed by atoms with Crippen molar-refractivity contribution in [2.24, 2.45) is 0 Å². The van der Waals surface area contributed by atoms with E-state index in [0.29, 0.717) is 21.4 Å². The lowest BCUT2D eigenvalue weighted by Gasteiger charge is -2.08. The molecule has 1 aromatic carbocycles. The number of hydrogen-bond acceptors (Lipinski definition) is 6. The van der Waals surface area contributed by atoms with Gasteiger partial charge < -0.3 is 10.3 Å². The molecule has 28 heavy (non-hydrogen) atoms. The number of aromatic amines is 1. The van der Waals surface area contributed by atoms with Gasteiger partial charge in [-0.3, -0.25) is 10.3 Å². The van der Waals surface area contributed by atoms with Crippen LogP contribution in [-0.4, -0.2) is 26.2 Å². The van der Waals surface area contributed by atoms with Crippen molar-refractivity contribution >= 4 is 28.2 Å². The van der Waals surface area contributed by atoms with E-state index >= 15 is 0 Å². The topological polar surface area (TPSA) is 119 Å². The number of hydrogen-bond donors (Lipinski definition) is 3. The van der Waals surface area contributed by atoms with Gasteiger partial charge in [-0.1, -0.05) is 11.3 Å². The Bertz CT molecular complexity index is 1150. The molecule has 0 spiro atoms. The summed E-state index contributed by atoms with van der Waals surface area (Å²) in [6, 6.07) is 14.2. The van der Waals surface area contributed by atoms with Crippen LogP contribution in [0.3, 0.4) is 0 Å². The van der Waals surface area contributed by atoms with Crippen LogP contribution in [0.1, 0.15) is 5.56 Å². The quantitative estimate of drug-likeness (QED) is 0.487. The third kappa shape index (κ3) is 3.72. The monoisotopic (exact) mass is 387 g/mol. The maximum Gasteiger partial charge on any atom is 0.325 e. The third-order valence-electron chi connectivity index (χ3n) is 3.86. The second-order valence-corrected chi connectivity index (χ2v) is 6.66. The minimum absolute atomic E-state index is 0.368. The lowest BCUT2D eigenvalue weighted by atomic mass is 10.0. The Morgan fingerprint density at radius 2 is 1.96 bits per heavy atom. The van der Waals surface area contributed by atoms with E-state index in [4.69, 9.17) is 0 Å². The molecular formula is C19H13N7OS. The second kappa shape index (κ2) is 7.69. The molecule has 3 N–H and O–H groups in total. The highest BCUT2D eigenvalue weighted by Gasteiger charge is 2.11. The average molecular weight is 387 g/mol. The number of pyridine rings is 1. The summed E-state index contributed by atoms with van der Waals surface area (Å²) in [5.41, 5.74) is 3.44. The highest BCUT2D eigenvalue weighted by Crippen LogP contribution is 2.27. The number of rotatable bonds is 4. The molecule has 3 aromatic heterocycles. The van der Waals surface area contributed by atoms with Crippen LogP contribution in [0.5, 0.6) is 0 Å². The summed E-state index contributed by atoms with van der Waals surface area (Å²) < 4.78 is 0. The summed E-state index contributed by atoms with van der Waals surface area (Å²) in [7, 11) is 0. The number of H-pyrrole nitrogens is 1. The molecule has 4 rings (SSSR count). The smallest absolute Gasteiger partial charge is 0.325 e. The zero-order valence-electron chi connectivity index (χ0n) is 14.4. The number of aromatic nitrogens is 4. The molecule has 0 radical (unpaired) electrons. The van der Waals surface area contributed by atoms with Gasteiger partial charge in [-0.15, -0.1) is 10.2 Å². The molecule has 9 heteroatoms. The fraction of sp³-hybridized carbons (Fsp3) is 0. The van der Waals surface area contributed by atoms with Crippen LogP contribution in [0.15, 0.2) is 61.1 Å². The van der Waals surface area contributed by atoms with Gasteiger partial charge in [0.15, 0.2) is 0 Å². The highest BCUT2D eigenvalue weighted by atomic mass is 32.1. The lowest BCUT2D eigenvalue weighted by Crippen LogP contribution is -2.19. The van der Waals surface area contributed by atoms with E-state index in [1.807, 2.05) is 24.3 Å². The summed E-state index contributed by atoms with van der Waals surface area (Å²) in [5, 5.41) is 23.9. The van der Waals surface area contributed by atoms with E-state index in [2.05, 4.69) is 36.9 Å². The molecule has 8 nitrogen and oxygen atoms in total. The largest absolute Gasteiger partial charge is 0.361 e. The van der Waals surface area contributed by atoms with Crippen molar-refractivity contribution in [3.05, 3.63) is 66.6 Å². The fourth-order valence-electron chi connectivity index (χ4n) is 2.59. The number of amides is 2. The number of carbonyl (C=O) groups is 1. The van der Waals surface area contributed by atoms with Crippen LogP contribution in [0.2, 0.25) is 0 Å². The number of benzene rings is 1. The number of carbonyl (C=O) groups excluding carboxylic acids is 1. The molecule has 0 atom stereocenters. The maximum atomic E-state index is 12.3. The van der Waals surface area contributed by atoms with Gasteiger partial charge >= 0.3 is 6.03 Å². The van der Waals surface area contributed by atoms with Gasteiger partial charge in [0, 0.05) is 41.1 Å². The van der Waals surface area contributed by atoms with Crippen LogP contribution < -0.4 is 10.6 Å². The number of nitrogens with zero attached hydrogens (tertiary/aromatic N) is 4. The van der Waals surface area contributed by atoms with Crippen molar-refractivity contribution in [1.82, 2.24) is 20.2 Å². The van der Waals surface area contributed by atoms with Crippen molar-refractivity contribution in [2.75, 3.05) is 10.6 Å². The van der Waals surface area contributed by atoms with E-state index in [9.17, 15) is 10.1 Å². The summed E-state index contributed by atoms with van der Waals surface area (Å²) in [4.78, 5) is 19.3. The Labute approximate surface area is 163 Å². The summed E-state index contributed by atoms with van der Waals surface area (Å²) >= 11 is 1.25. The summed E-state index contributed by atoms with van der Waals surface area (Å²) in [5.74, 6) is 0. The molecule has 0 saturated carbocycles. The van der Waals surface area contributed by atoms with Crippen molar-refractivity contribution in [3.8, 4) is 27.9 Å². The van der Waals surface area contributed by atoms with Crippen LogP contribution >= 0.6 is 11.3 Å². The first-order valence-electron chi connectivity index (χ1n) is 8.23. The second-order valence-electron chi connectivity index (χ2n) is 5.68. The van der Waals surface area contributed by atoms with E-state index in [-0.39, 0.29) is 0 Å². The molecule has 3 heterocycles. The molecule has 0 fully saturated rings. The van der Waals surface area contributed by atoms with Gasteiger partial charge in [-0.2, -0.15) is 5.26 Å². The summed E-state index contributed by atoms with van der Waals surface area (Å²) in [6.45, 7) is 0. The highest BCUT2D eigenvalue weighted by molar-refractivity contribution is 7.18. The Hall–Kier alpha value is -4.03. The van der Waals surface area contributed by atoms with E-state index in [1.54, 1.807) is 36.8 Å². The molecule has 0 aliphatic carbocycles. The molecular weight excluding hydrogens is 374 g/mol. The van der Waals surface area contributed by atoms with Crippen LogP contribution in [0.4, 0.5) is 15.6 Å². The number of urea groups is 1. The maximum absolute atomic E-state index is 12.3. The third-order valence-corrected chi connectivity index (χ3v) is 4.75. The predicted molar refractivity (Wildman–Crippen MR) is 107 cm³/mol. The van der Waals surface area contributed by atoms with Gasteiger partial charge in [-0.05, 0) is 42.5 Å². The van der Waals surface area contributed by atoms with Crippen molar-refractivity contribution in [3.63, 3.8) is 0 Å². The van der Waals surface area contributed by atoms with Gasteiger partial charge in [0.1, 0.15) is 5.01 Å². The zero-order valence-corrected chi connectivity index (χ0v) is 15.2. The molecule has 136 valence electrons. The van der Waals surface area contributed by atoms with Crippen molar-refractivity contribution in [2.45, 2.75) is 0 Å². The number of anilines is 2. The van der Waals surface area contributed by atoms with Crippen LogP contribution in [0.25, 0.3) is 21.8 Å². The Balaban J connectivity index is 1.46. The van der Waals surface area contributed by atoms with Gasteiger partial charge in [-0.25, -0.2) is 4.79 Å². The predicted octanol–water partition coefficient (Wildman–Crippen LogP) is 4.11. The first-order chi connectivity index (χ1) is 13.7. The molecule has 0 aliphatic heterocycles. The standard InChI is InChI=1S/C19H13N7OS/c20-11-13-10-14(3-4-15(13)16-2-1-7-22-16)23-18(27)24-19-26-25-17(28-19)12-5-8-21-9-6-12/h1-10,22H,(H2,23,24,26,27). The summed E-state index contributed by atoms with van der Waals surface area (Å²) in [6.07, 6.45) is 5.12. The lowest BCUT2D eigenvalue weighted by molar-refractivity contribution is 0.262. The number of nitriles is 1. The average Bonchev–Trinajstić information content (AvgIpc) is 3.41. The van der Waals surface area contributed by atoms with E-state index < -0.39 is 6.03 Å². The van der Waals surface area contributed by atoms with Gasteiger partial charge in [0.2, 0.25) is 5.13 Å². The molecule has 0 aliphatic rings. The van der Waals surface area contributed by atoms with Gasteiger partial charge in [0.05, 0.1) is 11.6 Å². The Kier molecular flexibility index (Phi) is 4.78. The van der Waals surface area contributed by atoms with Gasteiger partial charge in [0.25, 0.3) is 0 Å². The molecule has 4 aromatic rings. The first kappa shape index (κ1) is 17.4. The van der Waals surface area contributed by atoms with Crippen molar-refractivity contribution in [1.29, 1.82) is 5.26 Å². The molecule has 0 saturated heterocycles. The van der Waals surface area contributed by atoms with E-state index in [0.717, 1.165) is 16.8 Å². The van der Waals surface area contributed by atoms with Crippen LogP contribution in [-0.2, 0) is 0 Å². The SMILES string of the molecule is N#Cc1cc(NC(=O)Nc2nnc(-c3ccncc3)s2)ccc1-c1ccc[nH]1. The molecule has 2 amide bonds. The van der Waals surface area contributed by atoms with Crippen LogP contribution in [0, 0.1) is 11.3 Å². The normalized spacial score (nSPS) is 10.2. The number of nitrogens with one attached hydrogen (secondary N) is 3. The minimum atomic E-state index is -0.464.